The fourth-order valence-electron chi connectivity index (χ4n) is 2.59. The maximum absolute atomic E-state index is 12.2. The predicted molar refractivity (Wildman–Crippen MR) is 108 cm³/mol. The van der Waals surface area contributed by atoms with Gasteiger partial charge in [-0.25, -0.2) is 0 Å². The minimum absolute atomic E-state index is 0.254. The van der Waals surface area contributed by atoms with E-state index in [9.17, 15) is 4.79 Å². The second-order valence-electron chi connectivity index (χ2n) is 6.01. The highest BCUT2D eigenvalue weighted by atomic mass is 16.5. The van der Waals surface area contributed by atoms with E-state index in [0.29, 0.717) is 29.5 Å². The summed E-state index contributed by atoms with van der Waals surface area (Å²) in [5.74, 6) is 2.31. The second-order valence-corrected chi connectivity index (χ2v) is 6.01. The zero-order chi connectivity index (χ0) is 19.8. The molecule has 2 aromatic carbocycles. The average molecular weight is 378 g/mol. The van der Waals surface area contributed by atoms with Gasteiger partial charge in [-0.15, -0.1) is 10.2 Å². The van der Waals surface area contributed by atoms with Gasteiger partial charge in [-0.05, 0) is 60.5 Å². The molecule has 0 saturated carbocycles. The van der Waals surface area contributed by atoms with E-state index in [2.05, 4.69) is 20.8 Å². The fraction of sp³-hybridized carbons (Fsp3) is 0.190. The van der Waals surface area contributed by atoms with Crippen LogP contribution in [0, 0.1) is 0 Å². The van der Waals surface area contributed by atoms with Crippen molar-refractivity contribution in [1.29, 1.82) is 0 Å². The van der Waals surface area contributed by atoms with Crippen LogP contribution in [-0.4, -0.2) is 36.9 Å². The van der Waals surface area contributed by atoms with Crippen LogP contribution in [0.3, 0.4) is 0 Å². The molecule has 3 rings (SSSR count). The van der Waals surface area contributed by atoms with Crippen molar-refractivity contribution in [3.63, 3.8) is 0 Å². The standard InChI is InChI=1S/C21H22N4O3/c1-27-17-8-6-16(7-9-17)21(26)23-20-11-10-19(24-25-20)22-13-12-15-4-3-5-18(14-15)28-2/h3-11,14H,12-13H2,1-2H3,(H,22,24)(H,23,25,26). The minimum Gasteiger partial charge on any atom is -0.497 e. The number of carbonyl (C=O) groups excluding carboxylic acids is 1. The van der Waals surface area contributed by atoms with Crippen LogP contribution in [0.4, 0.5) is 11.6 Å². The van der Waals surface area contributed by atoms with Crippen LogP contribution in [0.15, 0.2) is 60.7 Å². The smallest absolute Gasteiger partial charge is 0.256 e. The molecule has 1 aromatic heterocycles. The molecule has 7 heteroatoms. The maximum Gasteiger partial charge on any atom is 0.256 e. The van der Waals surface area contributed by atoms with E-state index in [1.807, 2.05) is 24.3 Å². The summed E-state index contributed by atoms with van der Waals surface area (Å²) in [7, 11) is 3.24. The van der Waals surface area contributed by atoms with Crippen molar-refractivity contribution >= 4 is 17.5 Å². The number of nitrogens with zero attached hydrogens (tertiary/aromatic N) is 2. The Morgan fingerprint density at radius 2 is 1.61 bits per heavy atom. The molecule has 0 saturated heterocycles. The van der Waals surface area contributed by atoms with Crippen LogP contribution in [0.2, 0.25) is 0 Å². The Bertz CT molecular complexity index is 912. The first-order valence-corrected chi connectivity index (χ1v) is 8.84. The van der Waals surface area contributed by atoms with Gasteiger partial charge < -0.3 is 20.1 Å². The van der Waals surface area contributed by atoms with E-state index in [0.717, 1.165) is 12.2 Å². The van der Waals surface area contributed by atoms with Gasteiger partial charge in [0.15, 0.2) is 5.82 Å². The quantitative estimate of drug-likeness (QED) is 0.625. The van der Waals surface area contributed by atoms with Crippen molar-refractivity contribution in [2.45, 2.75) is 6.42 Å². The Morgan fingerprint density at radius 1 is 0.893 bits per heavy atom. The van der Waals surface area contributed by atoms with Crippen LogP contribution in [-0.2, 0) is 6.42 Å². The number of hydrogen-bond acceptors (Lipinski definition) is 6. The molecule has 0 bridgehead atoms. The van der Waals surface area contributed by atoms with Gasteiger partial charge in [0.1, 0.15) is 17.3 Å². The summed E-state index contributed by atoms with van der Waals surface area (Å²) in [5, 5.41) is 14.1. The molecule has 0 aliphatic rings. The first kappa shape index (κ1) is 19.2. The third-order valence-electron chi connectivity index (χ3n) is 4.11. The van der Waals surface area contributed by atoms with Gasteiger partial charge in [0, 0.05) is 12.1 Å². The Hall–Kier alpha value is -3.61. The lowest BCUT2D eigenvalue weighted by atomic mass is 10.1. The fourth-order valence-corrected chi connectivity index (χ4v) is 2.59. The SMILES string of the molecule is COc1ccc(C(=O)Nc2ccc(NCCc3cccc(OC)c3)nn2)cc1. The molecule has 0 spiro atoms. The lowest BCUT2D eigenvalue weighted by Crippen LogP contribution is -2.14. The lowest BCUT2D eigenvalue weighted by Gasteiger charge is -2.08. The molecule has 1 amide bonds. The molecular formula is C21H22N4O3. The first-order chi connectivity index (χ1) is 13.7. The summed E-state index contributed by atoms with van der Waals surface area (Å²) in [4.78, 5) is 12.2. The maximum atomic E-state index is 12.2. The van der Waals surface area contributed by atoms with Crippen LogP contribution < -0.4 is 20.1 Å². The highest BCUT2D eigenvalue weighted by Gasteiger charge is 2.07. The Balaban J connectivity index is 1.50. The highest BCUT2D eigenvalue weighted by Crippen LogP contribution is 2.14. The van der Waals surface area contributed by atoms with E-state index >= 15 is 0 Å². The van der Waals surface area contributed by atoms with Crippen molar-refractivity contribution in [2.24, 2.45) is 0 Å². The monoisotopic (exact) mass is 378 g/mol. The van der Waals surface area contributed by atoms with Gasteiger partial charge in [-0.3, -0.25) is 4.79 Å². The van der Waals surface area contributed by atoms with Gasteiger partial charge in [-0.1, -0.05) is 12.1 Å². The molecule has 0 radical (unpaired) electrons. The number of amides is 1. The topological polar surface area (TPSA) is 85.4 Å². The largest absolute Gasteiger partial charge is 0.497 e. The number of ether oxygens (including phenoxy) is 2. The molecule has 3 aromatic rings. The summed E-state index contributed by atoms with van der Waals surface area (Å²) >= 11 is 0. The minimum atomic E-state index is -0.254. The predicted octanol–water partition coefficient (Wildman–Crippen LogP) is 3.40. The number of aromatic nitrogens is 2. The number of carbonyl (C=O) groups is 1. The van der Waals surface area contributed by atoms with Gasteiger partial charge >= 0.3 is 0 Å². The zero-order valence-corrected chi connectivity index (χ0v) is 15.8. The summed E-state index contributed by atoms with van der Waals surface area (Å²) in [6, 6.07) is 18.3. The average Bonchev–Trinajstić information content (AvgIpc) is 2.75. The van der Waals surface area contributed by atoms with E-state index < -0.39 is 0 Å². The third-order valence-corrected chi connectivity index (χ3v) is 4.11. The van der Waals surface area contributed by atoms with Crippen molar-refractivity contribution in [3.05, 3.63) is 71.8 Å². The normalized spacial score (nSPS) is 10.2. The highest BCUT2D eigenvalue weighted by molar-refractivity contribution is 6.03. The number of rotatable bonds is 8. The number of benzene rings is 2. The van der Waals surface area contributed by atoms with Crippen molar-refractivity contribution in [3.8, 4) is 11.5 Å². The van der Waals surface area contributed by atoms with E-state index in [4.69, 9.17) is 9.47 Å². The van der Waals surface area contributed by atoms with E-state index in [1.54, 1.807) is 50.6 Å². The van der Waals surface area contributed by atoms with E-state index in [-0.39, 0.29) is 5.91 Å². The number of hydrogen-bond donors (Lipinski definition) is 2. The van der Waals surface area contributed by atoms with Crippen LogP contribution in [0.5, 0.6) is 11.5 Å². The van der Waals surface area contributed by atoms with Gasteiger partial charge in [0.05, 0.1) is 14.2 Å². The zero-order valence-electron chi connectivity index (χ0n) is 15.8. The van der Waals surface area contributed by atoms with Gasteiger partial charge in [0.25, 0.3) is 5.91 Å². The molecule has 0 unspecified atom stereocenters. The number of nitrogens with one attached hydrogen (secondary N) is 2. The molecule has 0 aliphatic carbocycles. The Labute approximate surface area is 163 Å². The summed E-state index contributed by atoms with van der Waals surface area (Å²) < 4.78 is 10.3. The Kier molecular flexibility index (Phi) is 6.41. The first-order valence-electron chi connectivity index (χ1n) is 8.84. The third kappa shape index (κ3) is 5.20. The molecule has 0 aliphatic heterocycles. The van der Waals surface area contributed by atoms with E-state index in [1.165, 1.54) is 5.56 Å². The summed E-state index contributed by atoms with van der Waals surface area (Å²) in [6.07, 6.45) is 0.828. The van der Waals surface area contributed by atoms with Crippen LogP contribution >= 0.6 is 0 Å². The molecular weight excluding hydrogens is 356 g/mol. The molecule has 144 valence electrons. The molecule has 1 heterocycles. The number of methoxy groups -OCH3 is 2. The molecule has 28 heavy (non-hydrogen) atoms. The second kappa shape index (κ2) is 9.36. The van der Waals surface area contributed by atoms with Crippen molar-refractivity contribution < 1.29 is 14.3 Å². The summed E-state index contributed by atoms with van der Waals surface area (Å²) in [5.41, 5.74) is 1.69. The van der Waals surface area contributed by atoms with Crippen LogP contribution in [0.1, 0.15) is 15.9 Å². The molecule has 0 fully saturated rings. The summed E-state index contributed by atoms with van der Waals surface area (Å²) in [6.45, 7) is 0.708. The van der Waals surface area contributed by atoms with Gasteiger partial charge in [-0.2, -0.15) is 0 Å². The van der Waals surface area contributed by atoms with Crippen LogP contribution in [0.25, 0.3) is 0 Å². The van der Waals surface area contributed by atoms with Gasteiger partial charge in [0.2, 0.25) is 0 Å². The molecule has 2 N–H and O–H groups in total. The molecule has 0 atom stereocenters. The van der Waals surface area contributed by atoms with Crippen molar-refractivity contribution in [2.75, 3.05) is 31.4 Å². The Morgan fingerprint density at radius 3 is 2.29 bits per heavy atom. The molecule has 7 nitrogen and oxygen atoms in total. The number of anilines is 2. The van der Waals surface area contributed by atoms with Crippen molar-refractivity contribution in [1.82, 2.24) is 10.2 Å². The lowest BCUT2D eigenvalue weighted by molar-refractivity contribution is 0.102.